The van der Waals surface area contributed by atoms with E-state index in [0.29, 0.717) is 0 Å². The summed E-state index contributed by atoms with van der Waals surface area (Å²) in [5.41, 5.74) is 2.10. The van der Waals surface area contributed by atoms with E-state index in [1.807, 2.05) is 31.2 Å². The molecular weight excluding hydrogens is 234 g/mol. The molecule has 0 N–H and O–H groups in total. The molecule has 1 aliphatic carbocycles. The van der Waals surface area contributed by atoms with Crippen molar-refractivity contribution in [1.29, 1.82) is 5.26 Å². The molecule has 1 saturated carbocycles. The van der Waals surface area contributed by atoms with E-state index in [1.54, 1.807) is 6.92 Å². The van der Waals surface area contributed by atoms with Gasteiger partial charge in [-0.1, -0.05) is 36.8 Å². The molecule has 0 heterocycles. The summed E-state index contributed by atoms with van der Waals surface area (Å²) in [5.74, 6) is -0.397. The van der Waals surface area contributed by atoms with Crippen LogP contribution in [0.4, 0.5) is 0 Å². The number of hydrogen-bond donors (Lipinski definition) is 0. The van der Waals surface area contributed by atoms with Crippen molar-refractivity contribution in [3.63, 3.8) is 0 Å². The van der Waals surface area contributed by atoms with Crippen molar-refractivity contribution in [1.82, 2.24) is 0 Å². The Labute approximate surface area is 102 Å². The Bertz CT molecular complexity index is 554. The van der Waals surface area contributed by atoms with Crippen LogP contribution in [0.3, 0.4) is 0 Å². The van der Waals surface area contributed by atoms with Crippen LogP contribution in [-0.4, -0.2) is 19.4 Å². The van der Waals surface area contributed by atoms with Crippen molar-refractivity contribution < 1.29 is 8.42 Å². The molecule has 0 bridgehead atoms. The number of rotatable bonds is 3. The molecule has 90 valence electrons. The largest absolute Gasteiger partial charge is 0.228 e. The molecule has 1 fully saturated rings. The molecular formula is C13H15NO2S. The summed E-state index contributed by atoms with van der Waals surface area (Å²) in [6.07, 6.45) is 0. The van der Waals surface area contributed by atoms with E-state index in [1.165, 1.54) is 0 Å². The molecule has 0 aromatic heterocycles. The fourth-order valence-electron chi connectivity index (χ4n) is 2.26. The van der Waals surface area contributed by atoms with E-state index >= 15 is 0 Å². The van der Waals surface area contributed by atoms with E-state index in [2.05, 4.69) is 6.07 Å². The maximum atomic E-state index is 11.8. The van der Waals surface area contributed by atoms with Gasteiger partial charge in [0.2, 0.25) is 0 Å². The van der Waals surface area contributed by atoms with Crippen molar-refractivity contribution in [3.8, 4) is 6.07 Å². The van der Waals surface area contributed by atoms with Crippen LogP contribution < -0.4 is 0 Å². The first-order chi connectivity index (χ1) is 8.01. The molecule has 4 heteroatoms. The molecule has 0 amide bonds. The number of nitriles is 1. The molecule has 0 aliphatic heterocycles. The Kier molecular flexibility index (Phi) is 2.96. The van der Waals surface area contributed by atoms with Gasteiger partial charge in [-0.25, -0.2) is 8.42 Å². The summed E-state index contributed by atoms with van der Waals surface area (Å²) in [6, 6.07) is 9.88. The second-order valence-electron chi connectivity index (χ2n) is 4.51. The fraction of sp³-hybridized carbons (Fsp3) is 0.462. The zero-order valence-corrected chi connectivity index (χ0v) is 10.7. The van der Waals surface area contributed by atoms with Crippen LogP contribution >= 0.6 is 0 Å². The highest BCUT2D eigenvalue weighted by atomic mass is 32.2. The van der Waals surface area contributed by atoms with Crippen LogP contribution in [0.5, 0.6) is 0 Å². The van der Waals surface area contributed by atoms with Gasteiger partial charge < -0.3 is 0 Å². The normalized spacial score (nSPS) is 27.5. The average molecular weight is 249 g/mol. The maximum absolute atomic E-state index is 11.8. The smallest absolute Gasteiger partial charge is 0.154 e. The van der Waals surface area contributed by atoms with Gasteiger partial charge in [0.25, 0.3) is 0 Å². The van der Waals surface area contributed by atoms with Gasteiger partial charge in [0, 0.05) is 11.7 Å². The summed E-state index contributed by atoms with van der Waals surface area (Å²) >= 11 is 0. The van der Waals surface area contributed by atoms with E-state index in [9.17, 15) is 8.42 Å². The Hall–Kier alpha value is -1.34. The van der Waals surface area contributed by atoms with Crippen LogP contribution in [-0.2, 0) is 9.84 Å². The van der Waals surface area contributed by atoms with Gasteiger partial charge in [-0.2, -0.15) is 5.26 Å². The minimum atomic E-state index is -3.12. The summed E-state index contributed by atoms with van der Waals surface area (Å²) in [5, 5.41) is 8.51. The van der Waals surface area contributed by atoms with Crippen molar-refractivity contribution in [2.75, 3.05) is 5.75 Å². The van der Waals surface area contributed by atoms with Gasteiger partial charge in [-0.05, 0) is 12.5 Å². The lowest BCUT2D eigenvalue weighted by Crippen LogP contribution is -2.12. The zero-order chi connectivity index (χ0) is 12.6. The van der Waals surface area contributed by atoms with Gasteiger partial charge in [-0.3, -0.25) is 0 Å². The van der Waals surface area contributed by atoms with Gasteiger partial charge >= 0.3 is 0 Å². The van der Waals surface area contributed by atoms with Crippen molar-refractivity contribution in [2.24, 2.45) is 5.92 Å². The molecule has 3 nitrogen and oxygen atoms in total. The molecule has 1 aliphatic rings. The first-order valence-corrected chi connectivity index (χ1v) is 7.40. The van der Waals surface area contributed by atoms with Crippen LogP contribution in [0.15, 0.2) is 24.3 Å². The third-order valence-corrected chi connectivity index (χ3v) is 5.60. The lowest BCUT2D eigenvalue weighted by atomic mass is 10.1. The monoisotopic (exact) mass is 249 g/mol. The summed E-state index contributed by atoms with van der Waals surface area (Å²) in [6.45, 7) is 3.62. The Morgan fingerprint density at radius 1 is 1.29 bits per heavy atom. The zero-order valence-electron chi connectivity index (χ0n) is 9.92. The SMILES string of the molecule is CCS(=O)(=O)[C@@H]1[C@H](C#N)[C@H]1c1ccc(C)cc1. The summed E-state index contributed by atoms with van der Waals surface area (Å²) < 4.78 is 23.7. The summed E-state index contributed by atoms with van der Waals surface area (Å²) in [4.78, 5) is 0. The second-order valence-corrected chi connectivity index (χ2v) is 6.95. The second kappa shape index (κ2) is 4.15. The molecule has 0 unspecified atom stereocenters. The standard InChI is InChI=1S/C13H15NO2S/c1-3-17(15,16)13-11(8-14)12(13)10-6-4-9(2)5-7-10/h4-7,11-13H,3H2,1-2H3/t11-,12-,13-/m1/s1. The number of nitrogens with zero attached hydrogens (tertiary/aromatic N) is 1. The predicted octanol–water partition coefficient (Wildman–Crippen LogP) is 2.04. The van der Waals surface area contributed by atoms with Crippen LogP contribution in [0.2, 0.25) is 0 Å². The third kappa shape index (κ3) is 2.07. The minimum Gasteiger partial charge on any atom is -0.228 e. The molecule has 0 spiro atoms. The average Bonchev–Trinajstić information content (AvgIpc) is 3.05. The molecule has 0 radical (unpaired) electrons. The van der Waals surface area contributed by atoms with Gasteiger partial charge in [0.1, 0.15) is 0 Å². The van der Waals surface area contributed by atoms with Gasteiger partial charge in [-0.15, -0.1) is 0 Å². The Balaban J connectivity index is 2.30. The first-order valence-electron chi connectivity index (χ1n) is 5.69. The fourth-order valence-corrected chi connectivity index (χ4v) is 4.01. The molecule has 3 atom stereocenters. The molecule has 0 saturated heterocycles. The lowest BCUT2D eigenvalue weighted by molar-refractivity contribution is 0.594. The van der Waals surface area contributed by atoms with E-state index in [4.69, 9.17) is 5.26 Å². The molecule has 1 aromatic carbocycles. The van der Waals surface area contributed by atoms with E-state index in [0.717, 1.165) is 11.1 Å². The Morgan fingerprint density at radius 3 is 2.35 bits per heavy atom. The highest BCUT2D eigenvalue weighted by Gasteiger charge is 2.58. The lowest BCUT2D eigenvalue weighted by Gasteiger charge is -2.01. The quantitative estimate of drug-likeness (QED) is 0.823. The molecule has 1 aromatic rings. The molecule has 17 heavy (non-hydrogen) atoms. The van der Waals surface area contributed by atoms with Gasteiger partial charge in [0.15, 0.2) is 9.84 Å². The van der Waals surface area contributed by atoms with Crippen molar-refractivity contribution in [3.05, 3.63) is 35.4 Å². The number of benzene rings is 1. The van der Waals surface area contributed by atoms with Crippen molar-refractivity contribution >= 4 is 9.84 Å². The molecule has 2 rings (SSSR count). The summed E-state index contributed by atoms with van der Waals surface area (Å²) in [7, 11) is -3.12. The number of sulfone groups is 1. The van der Waals surface area contributed by atoms with Crippen LogP contribution in [0.1, 0.15) is 24.0 Å². The third-order valence-electron chi connectivity index (χ3n) is 3.38. The van der Waals surface area contributed by atoms with Crippen LogP contribution in [0, 0.1) is 24.2 Å². The van der Waals surface area contributed by atoms with E-state index < -0.39 is 15.1 Å². The van der Waals surface area contributed by atoms with E-state index in [-0.39, 0.29) is 17.6 Å². The van der Waals surface area contributed by atoms with Gasteiger partial charge in [0.05, 0.1) is 17.2 Å². The highest BCUT2D eigenvalue weighted by Crippen LogP contribution is 2.52. The number of aryl methyl sites for hydroxylation is 1. The first kappa shape index (κ1) is 12.1. The number of hydrogen-bond acceptors (Lipinski definition) is 3. The highest BCUT2D eigenvalue weighted by molar-refractivity contribution is 7.92. The van der Waals surface area contributed by atoms with Crippen LogP contribution in [0.25, 0.3) is 0 Å². The Morgan fingerprint density at radius 2 is 1.88 bits per heavy atom. The topological polar surface area (TPSA) is 57.9 Å². The van der Waals surface area contributed by atoms with Crippen molar-refractivity contribution in [2.45, 2.75) is 25.0 Å². The maximum Gasteiger partial charge on any atom is 0.154 e. The minimum absolute atomic E-state index is 0.109. The predicted molar refractivity (Wildman–Crippen MR) is 66.3 cm³/mol.